The molecular weight excluding hydrogens is 505 g/mol. The first-order chi connectivity index (χ1) is 17.9. The summed E-state index contributed by atoms with van der Waals surface area (Å²) in [6, 6.07) is 5.93. The highest BCUT2D eigenvalue weighted by atomic mass is 19.4. The normalized spacial score (nSPS) is 28.2. The van der Waals surface area contributed by atoms with Crippen LogP contribution >= 0.6 is 0 Å². The van der Waals surface area contributed by atoms with E-state index in [4.69, 9.17) is 0 Å². The Balaban J connectivity index is 1.45. The van der Waals surface area contributed by atoms with E-state index in [1.54, 1.807) is 7.05 Å². The Morgan fingerprint density at radius 3 is 2.45 bits per heavy atom. The minimum Gasteiger partial charge on any atom is -0.373 e. The van der Waals surface area contributed by atoms with Gasteiger partial charge in [0.2, 0.25) is 5.43 Å². The summed E-state index contributed by atoms with van der Waals surface area (Å²) in [5.41, 5.74) is -3.50. The van der Waals surface area contributed by atoms with Gasteiger partial charge < -0.3 is 5.32 Å². The van der Waals surface area contributed by atoms with Gasteiger partial charge in [-0.05, 0) is 80.0 Å². The average Bonchev–Trinajstić information content (AvgIpc) is 2.82. The number of benzene rings is 1. The van der Waals surface area contributed by atoms with Crippen LogP contribution < -0.4 is 10.7 Å². The second kappa shape index (κ2) is 8.35. The summed E-state index contributed by atoms with van der Waals surface area (Å²) in [7, 11) is 1.62. The van der Waals surface area contributed by atoms with Gasteiger partial charge in [0.25, 0.3) is 0 Å². The van der Waals surface area contributed by atoms with E-state index in [-0.39, 0.29) is 59.8 Å². The molecule has 1 aromatic carbocycles. The van der Waals surface area contributed by atoms with Crippen LogP contribution in [0.1, 0.15) is 55.3 Å². The molecule has 4 bridgehead atoms. The van der Waals surface area contributed by atoms with Crippen LogP contribution in [0.2, 0.25) is 0 Å². The van der Waals surface area contributed by atoms with Crippen molar-refractivity contribution in [1.29, 1.82) is 0 Å². The number of anilines is 1. The molecular formula is C28H26F5N3O2. The van der Waals surface area contributed by atoms with E-state index in [0.29, 0.717) is 24.7 Å². The Morgan fingerprint density at radius 1 is 1.11 bits per heavy atom. The summed E-state index contributed by atoms with van der Waals surface area (Å²) in [6.07, 6.45) is -1.40. The fraction of sp³-hybridized carbons (Fsp3) is 0.464. The predicted octanol–water partition coefficient (Wildman–Crippen LogP) is 6.43. The van der Waals surface area contributed by atoms with Crippen molar-refractivity contribution in [3.8, 4) is 5.69 Å². The fourth-order valence-electron chi connectivity index (χ4n) is 7.83. The number of nitrogens with zero attached hydrogens (tertiary/aromatic N) is 2. The zero-order valence-electron chi connectivity index (χ0n) is 20.7. The third-order valence-electron chi connectivity index (χ3n) is 8.90. The van der Waals surface area contributed by atoms with Gasteiger partial charge in [-0.15, -0.1) is 0 Å². The molecule has 4 saturated carbocycles. The SMILES string of the molecule is CNc1ccc2c(=O)c(C(=O)CC34CC5CC(C3)CC(C(F)(F)F)(C5)C4)cn(-c3ccc(F)cc3F)c2n1. The molecule has 2 aromatic heterocycles. The highest BCUT2D eigenvalue weighted by Gasteiger charge is 2.67. The van der Waals surface area contributed by atoms with Crippen LogP contribution in [0.4, 0.5) is 27.8 Å². The van der Waals surface area contributed by atoms with E-state index in [2.05, 4.69) is 10.3 Å². The molecule has 4 fully saturated rings. The van der Waals surface area contributed by atoms with E-state index < -0.39 is 39.9 Å². The van der Waals surface area contributed by atoms with Crippen LogP contribution in [0.25, 0.3) is 16.7 Å². The number of aromatic nitrogens is 2. The van der Waals surface area contributed by atoms with Crippen molar-refractivity contribution in [2.75, 3.05) is 12.4 Å². The lowest BCUT2D eigenvalue weighted by molar-refractivity contribution is -0.286. The summed E-state index contributed by atoms with van der Waals surface area (Å²) in [5.74, 6) is -2.06. The van der Waals surface area contributed by atoms with E-state index in [9.17, 15) is 31.5 Å². The van der Waals surface area contributed by atoms with Crippen LogP contribution in [-0.4, -0.2) is 28.6 Å². The molecule has 2 atom stereocenters. The number of pyridine rings is 2. The number of nitrogens with one attached hydrogen (secondary N) is 1. The van der Waals surface area contributed by atoms with Crippen LogP contribution in [0, 0.1) is 34.3 Å². The standard InChI is InChI=1S/C28H26F5N3O2/c1-34-23-5-3-18-24(38)19(13-36(25(18)35-23)21-4-2-17(29)7-20(21)30)22(37)12-26-8-15-6-16(9-26)11-27(10-15,14-26)28(31,32)33/h2-5,7,13,15-16H,6,8-12,14H2,1H3,(H,34,35). The smallest absolute Gasteiger partial charge is 0.373 e. The summed E-state index contributed by atoms with van der Waals surface area (Å²) in [6.45, 7) is 0. The molecule has 0 saturated heterocycles. The van der Waals surface area contributed by atoms with Gasteiger partial charge in [-0.3, -0.25) is 14.2 Å². The van der Waals surface area contributed by atoms with Gasteiger partial charge in [0.1, 0.15) is 17.5 Å². The number of carbonyl (C=O) groups is 1. The Labute approximate surface area is 215 Å². The van der Waals surface area contributed by atoms with Gasteiger partial charge in [0.15, 0.2) is 11.4 Å². The fourth-order valence-corrected chi connectivity index (χ4v) is 7.83. The number of halogens is 5. The Kier molecular flexibility index (Phi) is 5.49. The number of hydrogen-bond donors (Lipinski definition) is 1. The van der Waals surface area contributed by atoms with E-state index in [0.717, 1.165) is 12.5 Å². The van der Waals surface area contributed by atoms with Crippen molar-refractivity contribution >= 4 is 22.6 Å². The Bertz CT molecular complexity index is 1520. The summed E-state index contributed by atoms with van der Waals surface area (Å²) in [4.78, 5) is 31.6. The van der Waals surface area contributed by atoms with Crippen molar-refractivity contribution < 1.29 is 26.7 Å². The zero-order chi connectivity index (χ0) is 27.0. The van der Waals surface area contributed by atoms with Crippen molar-refractivity contribution in [3.05, 3.63) is 63.9 Å². The Morgan fingerprint density at radius 2 is 1.82 bits per heavy atom. The zero-order valence-corrected chi connectivity index (χ0v) is 20.7. The summed E-state index contributed by atoms with van der Waals surface area (Å²) >= 11 is 0. The molecule has 4 aliphatic rings. The summed E-state index contributed by atoms with van der Waals surface area (Å²) in [5, 5.41) is 2.89. The molecule has 4 aliphatic carbocycles. The van der Waals surface area contributed by atoms with Crippen LogP contribution in [-0.2, 0) is 0 Å². The van der Waals surface area contributed by atoms with Crippen molar-refractivity contribution in [2.45, 2.75) is 51.1 Å². The van der Waals surface area contributed by atoms with Gasteiger partial charge in [-0.1, -0.05) is 0 Å². The molecule has 5 nitrogen and oxygen atoms in total. The maximum Gasteiger partial charge on any atom is 0.394 e. The molecule has 1 N–H and O–H groups in total. The number of Topliss-reactive ketones (excluding diaryl/α,β-unsaturated/α-hetero) is 1. The van der Waals surface area contributed by atoms with Crippen LogP contribution in [0.15, 0.2) is 41.3 Å². The average molecular weight is 532 g/mol. The molecule has 0 radical (unpaired) electrons. The molecule has 38 heavy (non-hydrogen) atoms. The molecule has 0 aliphatic heterocycles. The molecule has 200 valence electrons. The molecule has 0 spiro atoms. The molecule has 3 aromatic rings. The maximum absolute atomic E-state index is 14.8. The van der Waals surface area contributed by atoms with Gasteiger partial charge in [-0.25, -0.2) is 13.8 Å². The lowest BCUT2D eigenvalue weighted by Crippen LogP contribution is -2.57. The second-order valence-electron chi connectivity index (χ2n) is 11.5. The van der Waals surface area contributed by atoms with E-state index in [1.165, 1.54) is 29.0 Å². The number of rotatable bonds is 5. The minimum absolute atomic E-state index is 0.0517. The highest BCUT2D eigenvalue weighted by Crippen LogP contribution is 2.70. The van der Waals surface area contributed by atoms with Crippen LogP contribution in [0.3, 0.4) is 0 Å². The number of carbonyl (C=O) groups excluding carboxylic acids is 1. The van der Waals surface area contributed by atoms with Gasteiger partial charge in [0, 0.05) is 25.7 Å². The first-order valence-electron chi connectivity index (χ1n) is 12.7. The third kappa shape index (κ3) is 3.82. The van der Waals surface area contributed by atoms with Crippen molar-refractivity contribution in [1.82, 2.24) is 9.55 Å². The Hall–Kier alpha value is -3.30. The summed E-state index contributed by atoms with van der Waals surface area (Å²) < 4.78 is 72.4. The molecule has 2 unspecified atom stereocenters. The van der Waals surface area contributed by atoms with Gasteiger partial charge in [-0.2, -0.15) is 13.2 Å². The lowest BCUT2D eigenvalue weighted by Gasteiger charge is -2.62. The quantitative estimate of drug-likeness (QED) is 0.305. The molecule has 2 heterocycles. The maximum atomic E-state index is 14.8. The largest absolute Gasteiger partial charge is 0.394 e. The minimum atomic E-state index is -4.34. The second-order valence-corrected chi connectivity index (χ2v) is 11.5. The topological polar surface area (TPSA) is 64.0 Å². The number of fused-ring (bicyclic) bond motifs is 1. The monoisotopic (exact) mass is 531 g/mol. The van der Waals surface area contributed by atoms with Crippen molar-refractivity contribution in [2.24, 2.45) is 22.7 Å². The molecule has 10 heteroatoms. The molecule has 0 amide bonds. The van der Waals surface area contributed by atoms with E-state index in [1.807, 2.05) is 0 Å². The highest BCUT2D eigenvalue weighted by molar-refractivity contribution is 5.99. The predicted molar refractivity (Wildman–Crippen MR) is 131 cm³/mol. The third-order valence-corrected chi connectivity index (χ3v) is 8.90. The van der Waals surface area contributed by atoms with E-state index >= 15 is 0 Å². The first-order valence-corrected chi connectivity index (χ1v) is 12.7. The van der Waals surface area contributed by atoms with Gasteiger partial charge in [0.05, 0.1) is 22.1 Å². The number of ketones is 1. The first kappa shape index (κ1) is 25.0. The lowest BCUT2D eigenvalue weighted by atomic mass is 9.43. The van der Waals surface area contributed by atoms with Gasteiger partial charge >= 0.3 is 6.18 Å². The van der Waals surface area contributed by atoms with Crippen LogP contribution in [0.5, 0.6) is 0 Å². The number of hydrogen-bond acceptors (Lipinski definition) is 4. The number of alkyl halides is 3. The van der Waals surface area contributed by atoms with Crippen molar-refractivity contribution in [3.63, 3.8) is 0 Å². The molecule has 7 rings (SSSR count).